The molecule has 2 aliphatic rings. The van der Waals surface area contributed by atoms with Gasteiger partial charge in [-0.15, -0.1) is 0 Å². The summed E-state index contributed by atoms with van der Waals surface area (Å²) in [6.07, 6.45) is 11.7. The minimum Gasteiger partial charge on any atom is -0.396 e. The van der Waals surface area contributed by atoms with Gasteiger partial charge < -0.3 is 14.7 Å². The average molecular weight is 319 g/mol. The number of aliphatic hydroxyl groups excluding tert-OH is 1. The summed E-state index contributed by atoms with van der Waals surface area (Å²) in [7, 11) is 0. The van der Waals surface area contributed by atoms with Crippen molar-refractivity contribution in [1.82, 2.24) is 9.97 Å². The van der Waals surface area contributed by atoms with Gasteiger partial charge in [0.05, 0.1) is 6.10 Å². The van der Waals surface area contributed by atoms with E-state index in [1.165, 1.54) is 18.4 Å². The second-order valence-electron chi connectivity index (χ2n) is 7.08. The molecular weight excluding hydrogens is 290 g/mol. The Labute approximate surface area is 139 Å². The lowest BCUT2D eigenvalue weighted by Crippen LogP contribution is -2.45. The van der Waals surface area contributed by atoms with Gasteiger partial charge in [-0.25, -0.2) is 9.97 Å². The molecule has 5 nitrogen and oxygen atoms in total. The van der Waals surface area contributed by atoms with E-state index in [2.05, 4.69) is 21.8 Å². The standard InChI is InChI=1S/C18H29N3O2/c1-2-15-12-19-17(20-13-15)21-8-6-18(14-22,7-9-21)11-16-5-3-4-10-23-16/h12-13,16,22H,2-11,14H2,1H3/t16-/m0/s1. The van der Waals surface area contributed by atoms with Crippen molar-refractivity contribution in [3.63, 3.8) is 0 Å². The van der Waals surface area contributed by atoms with Crippen molar-refractivity contribution in [1.29, 1.82) is 0 Å². The van der Waals surface area contributed by atoms with Crippen LogP contribution in [-0.2, 0) is 11.2 Å². The Kier molecular flexibility index (Phi) is 5.49. The van der Waals surface area contributed by atoms with Gasteiger partial charge in [-0.2, -0.15) is 0 Å². The van der Waals surface area contributed by atoms with E-state index < -0.39 is 0 Å². The van der Waals surface area contributed by atoms with E-state index in [1.807, 2.05) is 12.4 Å². The Morgan fingerprint density at radius 2 is 2.00 bits per heavy atom. The number of hydrogen-bond acceptors (Lipinski definition) is 5. The summed E-state index contributed by atoms with van der Waals surface area (Å²) in [5.41, 5.74) is 1.19. The molecule has 128 valence electrons. The number of ether oxygens (including phenoxy) is 1. The minimum absolute atomic E-state index is 0.0157. The summed E-state index contributed by atoms with van der Waals surface area (Å²) in [6.45, 7) is 5.09. The smallest absolute Gasteiger partial charge is 0.225 e. The second kappa shape index (κ2) is 7.58. The van der Waals surface area contributed by atoms with E-state index in [1.54, 1.807) is 0 Å². The number of piperidine rings is 1. The molecule has 1 aromatic rings. The first-order valence-corrected chi connectivity index (χ1v) is 9.03. The van der Waals surface area contributed by atoms with E-state index in [-0.39, 0.29) is 12.0 Å². The van der Waals surface area contributed by atoms with E-state index >= 15 is 0 Å². The van der Waals surface area contributed by atoms with Crippen molar-refractivity contribution >= 4 is 5.95 Å². The third kappa shape index (κ3) is 4.01. The van der Waals surface area contributed by atoms with Gasteiger partial charge in [-0.3, -0.25) is 0 Å². The second-order valence-corrected chi connectivity index (χ2v) is 7.08. The van der Waals surface area contributed by atoms with Crippen LogP contribution in [0, 0.1) is 5.41 Å². The average Bonchev–Trinajstić information content (AvgIpc) is 2.63. The van der Waals surface area contributed by atoms with Gasteiger partial charge in [0.15, 0.2) is 0 Å². The maximum absolute atomic E-state index is 9.99. The fourth-order valence-electron chi connectivity index (χ4n) is 3.75. The molecule has 2 aliphatic heterocycles. The first-order chi connectivity index (χ1) is 11.2. The molecule has 3 heterocycles. The van der Waals surface area contributed by atoms with E-state index in [4.69, 9.17) is 4.74 Å². The Balaban J connectivity index is 1.58. The quantitative estimate of drug-likeness (QED) is 0.904. The van der Waals surface area contributed by atoms with Crippen molar-refractivity contribution in [2.75, 3.05) is 31.2 Å². The molecule has 3 rings (SSSR count). The fraction of sp³-hybridized carbons (Fsp3) is 0.778. The van der Waals surface area contributed by atoms with Crippen molar-refractivity contribution in [3.05, 3.63) is 18.0 Å². The molecule has 2 saturated heterocycles. The molecule has 0 saturated carbocycles. The molecule has 1 N–H and O–H groups in total. The molecule has 0 radical (unpaired) electrons. The Bertz CT molecular complexity index is 478. The van der Waals surface area contributed by atoms with Crippen LogP contribution < -0.4 is 4.90 Å². The maximum atomic E-state index is 9.99. The SMILES string of the molecule is CCc1cnc(N2CCC(CO)(C[C@@H]3CCCCO3)CC2)nc1. The van der Waals surface area contributed by atoms with Gasteiger partial charge >= 0.3 is 0 Å². The molecule has 5 heteroatoms. The Morgan fingerprint density at radius 3 is 2.57 bits per heavy atom. The maximum Gasteiger partial charge on any atom is 0.225 e. The summed E-state index contributed by atoms with van der Waals surface area (Å²) < 4.78 is 5.90. The lowest BCUT2D eigenvalue weighted by atomic mass is 9.74. The molecule has 0 aromatic carbocycles. The number of hydrogen-bond donors (Lipinski definition) is 1. The van der Waals surface area contributed by atoms with Crippen molar-refractivity contribution < 1.29 is 9.84 Å². The zero-order valence-electron chi connectivity index (χ0n) is 14.2. The van der Waals surface area contributed by atoms with Crippen molar-refractivity contribution in [2.24, 2.45) is 5.41 Å². The van der Waals surface area contributed by atoms with Crippen LogP contribution in [0.15, 0.2) is 12.4 Å². The number of aliphatic hydroxyl groups is 1. The summed E-state index contributed by atoms with van der Waals surface area (Å²) in [4.78, 5) is 11.2. The highest BCUT2D eigenvalue weighted by Gasteiger charge is 2.37. The van der Waals surface area contributed by atoms with Gasteiger partial charge in [-0.05, 0) is 55.9 Å². The molecule has 0 spiro atoms. The van der Waals surface area contributed by atoms with Crippen LogP contribution in [-0.4, -0.2) is 47.5 Å². The minimum atomic E-state index is 0.0157. The largest absolute Gasteiger partial charge is 0.396 e. The van der Waals surface area contributed by atoms with Crippen LogP contribution in [0.3, 0.4) is 0 Å². The van der Waals surface area contributed by atoms with Crippen molar-refractivity contribution in [3.8, 4) is 0 Å². The van der Waals surface area contributed by atoms with Crippen LogP contribution in [0.1, 0.15) is 51.0 Å². The molecule has 0 unspecified atom stereocenters. The van der Waals surface area contributed by atoms with Crippen LogP contribution in [0.5, 0.6) is 0 Å². The van der Waals surface area contributed by atoms with Crippen LogP contribution in [0.4, 0.5) is 5.95 Å². The lowest BCUT2D eigenvalue weighted by Gasteiger charge is -2.43. The van der Waals surface area contributed by atoms with Crippen LogP contribution >= 0.6 is 0 Å². The third-order valence-corrected chi connectivity index (χ3v) is 5.48. The predicted molar refractivity (Wildman–Crippen MR) is 90.6 cm³/mol. The highest BCUT2D eigenvalue weighted by atomic mass is 16.5. The first kappa shape index (κ1) is 16.7. The zero-order valence-corrected chi connectivity index (χ0v) is 14.2. The molecule has 0 amide bonds. The summed E-state index contributed by atoms with van der Waals surface area (Å²) >= 11 is 0. The van der Waals surface area contributed by atoms with Crippen LogP contribution in [0.25, 0.3) is 0 Å². The van der Waals surface area contributed by atoms with Gasteiger partial charge in [-0.1, -0.05) is 6.92 Å². The van der Waals surface area contributed by atoms with Gasteiger partial charge in [0, 0.05) is 38.7 Å². The Hall–Kier alpha value is -1.20. The zero-order chi connectivity index (χ0) is 16.1. The first-order valence-electron chi connectivity index (χ1n) is 9.03. The normalized spacial score (nSPS) is 24.6. The molecule has 1 aromatic heterocycles. The van der Waals surface area contributed by atoms with Crippen LogP contribution in [0.2, 0.25) is 0 Å². The summed E-state index contributed by atoms with van der Waals surface area (Å²) in [5.74, 6) is 0.822. The predicted octanol–water partition coefficient (Wildman–Crippen LogP) is 2.58. The fourth-order valence-corrected chi connectivity index (χ4v) is 3.75. The lowest BCUT2D eigenvalue weighted by molar-refractivity contribution is -0.0355. The van der Waals surface area contributed by atoms with Gasteiger partial charge in [0.2, 0.25) is 5.95 Å². The summed E-state index contributed by atoms with van der Waals surface area (Å²) in [5, 5.41) is 9.99. The molecule has 0 bridgehead atoms. The summed E-state index contributed by atoms with van der Waals surface area (Å²) in [6, 6.07) is 0. The van der Waals surface area contributed by atoms with Crippen molar-refractivity contribution in [2.45, 2.75) is 58.0 Å². The van der Waals surface area contributed by atoms with Gasteiger partial charge in [0.1, 0.15) is 0 Å². The van der Waals surface area contributed by atoms with E-state index in [0.717, 1.165) is 57.7 Å². The van der Waals surface area contributed by atoms with E-state index in [0.29, 0.717) is 6.10 Å². The number of anilines is 1. The van der Waals surface area contributed by atoms with E-state index in [9.17, 15) is 5.11 Å². The topological polar surface area (TPSA) is 58.5 Å². The molecule has 0 aliphatic carbocycles. The highest BCUT2D eigenvalue weighted by Crippen LogP contribution is 2.38. The number of aryl methyl sites for hydroxylation is 1. The molecule has 23 heavy (non-hydrogen) atoms. The molecule has 1 atom stereocenters. The number of aromatic nitrogens is 2. The number of nitrogens with zero attached hydrogens (tertiary/aromatic N) is 3. The third-order valence-electron chi connectivity index (χ3n) is 5.48. The monoisotopic (exact) mass is 319 g/mol. The molecular formula is C18H29N3O2. The molecule has 2 fully saturated rings. The number of rotatable bonds is 5. The Morgan fingerprint density at radius 1 is 1.26 bits per heavy atom. The van der Waals surface area contributed by atoms with Gasteiger partial charge in [0.25, 0.3) is 0 Å². The highest BCUT2D eigenvalue weighted by molar-refractivity contribution is 5.31.